The van der Waals surface area contributed by atoms with Gasteiger partial charge in [-0.1, -0.05) is 17.8 Å². The van der Waals surface area contributed by atoms with Crippen molar-refractivity contribution in [3.8, 4) is 5.75 Å². The second-order valence-electron chi connectivity index (χ2n) is 6.02. The summed E-state index contributed by atoms with van der Waals surface area (Å²) in [7, 11) is 1.74. The van der Waals surface area contributed by atoms with Gasteiger partial charge in [0.15, 0.2) is 10.1 Å². The van der Waals surface area contributed by atoms with Crippen LogP contribution in [0.1, 0.15) is 17.0 Å². The van der Waals surface area contributed by atoms with Gasteiger partial charge in [-0.05, 0) is 31.5 Å². The van der Waals surface area contributed by atoms with Crippen molar-refractivity contribution in [1.29, 1.82) is 0 Å². The fourth-order valence-electron chi connectivity index (χ4n) is 2.50. The van der Waals surface area contributed by atoms with Crippen molar-refractivity contribution in [2.45, 2.75) is 24.7 Å². The Morgan fingerprint density at radius 3 is 2.88 bits per heavy atom. The first-order chi connectivity index (χ1) is 12.3. The number of benzene rings is 1. The smallest absolute Gasteiger partial charge is 0.230 e. The number of aromatic nitrogens is 2. The minimum Gasteiger partial charge on any atom is -0.503 e. The lowest BCUT2D eigenvalue weighted by atomic mass is 10.2. The lowest BCUT2D eigenvalue weighted by Crippen LogP contribution is -2.27. The molecule has 0 atom stereocenters. The summed E-state index contributed by atoms with van der Waals surface area (Å²) in [5.41, 5.74) is 2.78. The van der Waals surface area contributed by atoms with Gasteiger partial charge in [-0.25, -0.2) is 4.98 Å². The van der Waals surface area contributed by atoms with E-state index in [-0.39, 0.29) is 24.0 Å². The molecule has 0 unspecified atom stereocenters. The largest absolute Gasteiger partial charge is 0.503 e. The maximum absolute atomic E-state index is 12.1. The molecule has 26 heavy (non-hydrogen) atoms. The number of nitrogens with one attached hydrogen (secondary N) is 1. The monoisotopic (exact) mass is 389 g/mol. The number of nitrogens with zero attached hydrogens (tertiary/aromatic N) is 2. The molecule has 3 rings (SSSR count). The van der Waals surface area contributed by atoms with Crippen LogP contribution in [-0.4, -0.2) is 26.3 Å². The molecular formula is C18H19N3O3S2. The van der Waals surface area contributed by atoms with Gasteiger partial charge in [0.05, 0.1) is 28.2 Å². The molecule has 0 saturated carbocycles. The summed E-state index contributed by atoms with van der Waals surface area (Å²) in [4.78, 5) is 28.3. The molecule has 0 saturated heterocycles. The highest BCUT2D eigenvalue weighted by Gasteiger charge is 2.13. The third kappa shape index (κ3) is 3.91. The van der Waals surface area contributed by atoms with Gasteiger partial charge >= 0.3 is 0 Å². The average Bonchev–Trinajstić information content (AvgIpc) is 3.00. The maximum atomic E-state index is 12.1. The zero-order valence-electron chi connectivity index (χ0n) is 14.7. The summed E-state index contributed by atoms with van der Waals surface area (Å²) in [6.07, 6.45) is 0. The summed E-state index contributed by atoms with van der Waals surface area (Å²) < 4.78 is 3.64. The topological polar surface area (TPSA) is 84.2 Å². The lowest BCUT2D eigenvalue weighted by Gasteiger charge is -2.14. The van der Waals surface area contributed by atoms with E-state index >= 15 is 0 Å². The van der Waals surface area contributed by atoms with Crippen molar-refractivity contribution in [3.63, 3.8) is 0 Å². The Bertz CT molecular complexity index is 1040. The van der Waals surface area contributed by atoms with E-state index in [1.54, 1.807) is 29.9 Å². The van der Waals surface area contributed by atoms with E-state index in [4.69, 9.17) is 0 Å². The van der Waals surface area contributed by atoms with Gasteiger partial charge < -0.3 is 15.0 Å². The number of thioether (sulfide) groups is 1. The minimum absolute atomic E-state index is 0.0949. The molecule has 0 fully saturated rings. The molecule has 2 heterocycles. The lowest BCUT2D eigenvalue weighted by molar-refractivity contribution is -0.118. The second kappa shape index (κ2) is 7.51. The van der Waals surface area contributed by atoms with E-state index in [1.807, 2.05) is 19.1 Å². The quantitative estimate of drug-likeness (QED) is 0.656. The Morgan fingerprint density at radius 2 is 2.12 bits per heavy atom. The van der Waals surface area contributed by atoms with Crippen molar-refractivity contribution < 1.29 is 9.90 Å². The van der Waals surface area contributed by atoms with Crippen LogP contribution in [0.4, 0.5) is 0 Å². The predicted octanol–water partition coefficient (Wildman–Crippen LogP) is 2.73. The SMILES string of the molecule is Cc1ccc2nc(SCC(=O)NCc3c(O)c(=O)cc(C)n3C)sc2c1. The molecule has 3 aromatic rings. The first kappa shape index (κ1) is 18.5. The standard InChI is InChI=1S/C18H19N3O3S2/c1-10-4-5-12-15(6-10)26-18(20-12)25-9-16(23)19-8-13-17(24)14(22)7-11(2)21(13)3/h4-7,24H,8-9H2,1-3H3,(H,19,23). The average molecular weight is 390 g/mol. The summed E-state index contributed by atoms with van der Waals surface area (Å²) in [5, 5.41) is 12.7. The molecule has 2 N–H and O–H groups in total. The summed E-state index contributed by atoms with van der Waals surface area (Å²) in [6.45, 7) is 3.90. The molecule has 0 radical (unpaired) electrons. The third-order valence-corrected chi connectivity index (χ3v) is 6.25. The van der Waals surface area contributed by atoms with Gasteiger partial charge in [0.2, 0.25) is 11.3 Å². The number of carbonyl (C=O) groups is 1. The number of amides is 1. The first-order valence-electron chi connectivity index (χ1n) is 8.00. The number of thiazole rings is 1. The normalized spacial score (nSPS) is 11.0. The Hall–Kier alpha value is -2.32. The van der Waals surface area contributed by atoms with Gasteiger partial charge in [-0.3, -0.25) is 9.59 Å². The fraction of sp³-hybridized carbons (Fsp3) is 0.278. The zero-order valence-corrected chi connectivity index (χ0v) is 16.3. The number of carbonyl (C=O) groups excluding carboxylic acids is 1. The van der Waals surface area contributed by atoms with E-state index < -0.39 is 5.43 Å². The van der Waals surface area contributed by atoms with Gasteiger partial charge in [-0.2, -0.15) is 0 Å². The molecule has 0 spiro atoms. The van der Waals surface area contributed by atoms with E-state index in [1.165, 1.54) is 23.4 Å². The molecule has 1 amide bonds. The molecule has 136 valence electrons. The molecule has 0 aliphatic carbocycles. The minimum atomic E-state index is -0.441. The molecule has 1 aromatic carbocycles. The van der Waals surface area contributed by atoms with Crippen LogP contribution in [-0.2, 0) is 18.4 Å². The Labute approximate surface area is 158 Å². The predicted molar refractivity (Wildman–Crippen MR) is 105 cm³/mol. The fourth-order valence-corrected chi connectivity index (χ4v) is 4.50. The van der Waals surface area contributed by atoms with Crippen LogP contribution in [0.2, 0.25) is 0 Å². The van der Waals surface area contributed by atoms with Crippen LogP contribution in [0.15, 0.2) is 33.4 Å². The van der Waals surface area contributed by atoms with Crippen LogP contribution < -0.4 is 10.7 Å². The summed E-state index contributed by atoms with van der Waals surface area (Å²) in [6, 6.07) is 7.44. The number of hydrogen-bond donors (Lipinski definition) is 2. The molecule has 6 nitrogen and oxygen atoms in total. The molecular weight excluding hydrogens is 370 g/mol. The van der Waals surface area contributed by atoms with Crippen LogP contribution in [0, 0.1) is 13.8 Å². The summed E-state index contributed by atoms with van der Waals surface area (Å²) >= 11 is 2.94. The summed E-state index contributed by atoms with van der Waals surface area (Å²) in [5.74, 6) is -0.286. The third-order valence-electron chi connectivity index (χ3n) is 4.08. The van der Waals surface area contributed by atoms with E-state index in [2.05, 4.69) is 16.4 Å². The highest BCUT2D eigenvalue weighted by molar-refractivity contribution is 8.01. The number of fused-ring (bicyclic) bond motifs is 1. The molecule has 0 aliphatic rings. The number of aromatic hydroxyl groups is 1. The van der Waals surface area contributed by atoms with Crippen molar-refractivity contribution in [1.82, 2.24) is 14.9 Å². The van der Waals surface area contributed by atoms with Gasteiger partial charge in [0.25, 0.3) is 0 Å². The first-order valence-corrected chi connectivity index (χ1v) is 9.80. The van der Waals surface area contributed by atoms with Crippen molar-refractivity contribution in [2.75, 3.05) is 5.75 Å². The second-order valence-corrected chi connectivity index (χ2v) is 8.27. The van der Waals surface area contributed by atoms with Gasteiger partial charge in [0.1, 0.15) is 0 Å². The van der Waals surface area contributed by atoms with Crippen LogP contribution >= 0.6 is 23.1 Å². The van der Waals surface area contributed by atoms with Crippen LogP contribution in [0.5, 0.6) is 5.75 Å². The van der Waals surface area contributed by atoms with E-state index in [0.29, 0.717) is 5.69 Å². The van der Waals surface area contributed by atoms with Crippen molar-refractivity contribution in [3.05, 3.63) is 51.4 Å². The van der Waals surface area contributed by atoms with Crippen molar-refractivity contribution in [2.24, 2.45) is 7.05 Å². The van der Waals surface area contributed by atoms with Crippen LogP contribution in [0.3, 0.4) is 0 Å². The number of hydrogen-bond acceptors (Lipinski definition) is 6. The molecule has 2 aromatic heterocycles. The molecule has 0 bridgehead atoms. The Balaban J connectivity index is 1.62. The highest BCUT2D eigenvalue weighted by atomic mass is 32.2. The number of aryl methyl sites for hydroxylation is 2. The highest BCUT2D eigenvalue weighted by Crippen LogP contribution is 2.29. The molecule has 0 aliphatic heterocycles. The number of rotatable bonds is 5. The number of pyridine rings is 1. The van der Waals surface area contributed by atoms with Crippen molar-refractivity contribution >= 4 is 39.2 Å². The maximum Gasteiger partial charge on any atom is 0.230 e. The van der Waals surface area contributed by atoms with Gasteiger partial charge in [0, 0.05) is 18.8 Å². The molecule has 8 heteroatoms. The Kier molecular flexibility index (Phi) is 5.33. The van der Waals surface area contributed by atoms with E-state index in [9.17, 15) is 14.7 Å². The zero-order chi connectivity index (χ0) is 18.8. The van der Waals surface area contributed by atoms with Crippen LogP contribution in [0.25, 0.3) is 10.2 Å². The van der Waals surface area contributed by atoms with E-state index in [0.717, 1.165) is 20.3 Å². The Morgan fingerprint density at radius 1 is 1.35 bits per heavy atom. The van der Waals surface area contributed by atoms with Gasteiger partial charge in [-0.15, -0.1) is 11.3 Å².